The highest BCUT2D eigenvalue weighted by molar-refractivity contribution is 5.46. The van der Waals surface area contributed by atoms with E-state index in [4.69, 9.17) is 9.47 Å². The van der Waals surface area contributed by atoms with Crippen LogP contribution < -0.4 is 4.74 Å². The van der Waals surface area contributed by atoms with Crippen molar-refractivity contribution in [3.63, 3.8) is 0 Å². The van der Waals surface area contributed by atoms with E-state index in [0.717, 1.165) is 80.3 Å². The van der Waals surface area contributed by atoms with E-state index >= 15 is 0 Å². The second kappa shape index (κ2) is 6.94. The second-order valence-corrected chi connectivity index (χ2v) is 6.86. The smallest absolute Gasteiger partial charge is 0.131 e. The molecule has 2 nitrogen and oxygen atoms in total. The average molecular weight is 326 g/mol. The van der Waals surface area contributed by atoms with E-state index in [2.05, 4.69) is 12.1 Å². The summed E-state index contributed by atoms with van der Waals surface area (Å²) < 4.78 is 25.3. The molecule has 0 unspecified atom stereocenters. The molecule has 0 atom stereocenters. The first kappa shape index (κ1) is 15.6. The van der Waals surface area contributed by atoms with Crippen LogP contribution in [0, 0.1) is 11.7 Å². The Morgan fingerprint density at radius 3 is 2.50 bits per heavy atom. The van der Waals surface area contributed by atoms with E-state index in [1.807, 2.05) is 12.1 Å². The third-order valence-electron chi connectivity index (χ3n) is 5.20. The van der Waals surface area contributed by atoms with Crippen LogP contribution in [0.15, 0.2) is 36.4 Å². The minimum Gasteiger partial charge on any atom is -0.457 e. The summed E-state index contributed by atoms with van der Waals surface area (Å²) in [5.74, 6) is 2.26. The van der Waals surface area contributed by atoms with Crippen LogP contribution in [-0.4, -0.2) is 13.2 Å². The van der Waals surface area contributed by atoms with Crippen molar-refractivity contribution in [2.45, 2.75) is 38.5 Å². The zero-order valence-corrected chi connectivity index (χ0v) is 13.9. The summed E-state index contributed by atoms with van der Waals surface area (Å²) in [7, 11) is 0. The standard InChI is InChI=1S/C21H23FO2/c22-20-8-9-21(19-3-1-2-18(19)20)24-17-6-4-15(5-7-17)14-16-10-12-23-13-11-16/h4-9,16H,1-3,10-14H2. The summed E-state index contributed by atoms with van der Waals surface area (Å²) >= 11 is 0. The van der Waals surface area contributed by atoms with Crippen LogP contribution in [0.1, 0.15) is 36.0 Å². The Balaban J connectivity index is 1.45. The fraction of sp³-hybridized carbons (Fsp3) is 0.429. The maximum atomic E-state index is 13.8. The monoisotopic (exact) mass is 326 g/mol. The summed E-state index contributed by atoms with van der Waals surface area (Å²) in [5, 5.41) is 0. The van der Waals surface area contributed by atoms with Crippen LogP contribution in [0.4, 0.5) is 4.39 Å². The molecule has 1 fully saturated rings. The molecule has 1 aliphatic heterocycles. The van der Waals surface area contributed by atoms with Gasteiger partial charge in [-0.2, -0.15) is 0 Å². The summed E-state index contributed by atoms with van der Waals surface area (Å²) in [6.45, 7) is 1.78. The van der Waals surface area contributed by atoms with Crippen molar-refractivity contribution < 1.29 is 13.9 Å². The van der Waals surface area contributed by atoms with Gasteiger partial charge >= 0.3 is 0 Å². The Kier molecular flexibility index (Phi) is 4.52. The van der Waals surface area contributed by atoms with Crippen LogP contribution in [0.3, 0.4) is 0 Å². The molecule has 1 saturated heterocycles. The van der Waals surface area contributed by atoms with Crippen molar-refractivity contribution in [3.05, 3.63) is 58.9 Å². The normalized spacial score (nSPS) is 17.7. The first-order chi connectivity index (χ1) is 11.8. The lowest BCUT2D eigenvalue weighted by Gasteiger charge is -2.22. The Labute approximate surface area is 142 Å². The number of benzene rings is 2. The van der Waals surface area contributed by atoms with Crippen molar-refractivity contribution in [1.29, 1.82) is 0 Å². The fourth-order valence-corrected chi connectivity index (χ4v) is 3.83. The topological polar surface area (TPSA) is 18.5 Å². The molecule has 1 heterocycles. The van der Waals surface area contributed by atoms with E-state index in [1.54, 1.807) is 6.07 Å². The third kappa shape index (κ3) is 3.32. The number of hydrogen-bond donors (Lipinski definition) is 0. The lowest BCUT2D eigenvalue weighted by atomic mass is 9.92. The molecular weight excluding hydrogens is 303 g/mol. The highest BCUT2D eigenvalue weighted by atomic mass is 19.1. The van der Waals surface area contributed by atoms with Gasteiger partial charge in [0.25, 0.3) is 0 Å². The van der Waals surface area contributed by atoms with Crippen molar-refractivity contribution in [3.8, 4) is 11.5 Å². The van der Waals surface area contributed by atoms with Gasteiger partial charge in [0.15, 0.2) is 0 Å². The quantitative estimate of drug-likeness (QED) is 0.780. The van der Waals surface area contributed by atoms with E-state index in [9.17, 15) is 4.39 Å². The molecule has 4 rings (SSSR count). The van der Waals surface area contributed by atoms with E-state index in [-0.39, 0.29) is 5.82 Å². The largest absolute Gasteiger partial charge is 0.457 e. The number of hydrogen-bond acceptors (Lipinski definition) is 2. The van der Waals surface area contributed by atoms with Gasteiger partial charge < -0.3 is 9.47 Å². The van der Waals surface area contributed by atoms with Gasteiger partial charge in [0, 0.05) is 18.8 Å². The van der Waals surface area contributed by atoms with Crippen molar-refractivity contribution in [1.82, 2.24) is 0 Å². The van der Waals surface area contributed by atoms with Crippen molar-refractivity contribution >= 4 is 0 Å². The molecule has 0 bridgehead atoms. The number of halogens is 1. The maximum absolute atomic E-state index is 13.8. The second-order valence-electron chi connectivity index (χ2n) is 6.86. The first-order valence-corrected chi connectivity index (χ1v) is 8.94. The maximum Gasteiger partial charge on any atom is 0.131 e. The van der Waals surface area contributed by atoms with Crippen molar-refractivity contribution in [2.75, 3.05) is 13.2 Å². The van der Waals surface area contributed by atoms with Crippen LogP contribution in [0.25, 0.3) is 0 Å². The van der Waals surface area contributed by atoms with Crippen LogP contribution in [0.5, 0.6) is 11.5 Å². The van der Waals surface area contributed by atoms with Crippen LogP contribution in [0.2, 0.25) is 0 Å². The highest BCUT2D eigenvalue weighted by Gasteiger charge is 2.20. The summed E-state index contributed by atoms with van der Waals surface area (Å²) in [4.78, 5) is 0. The van der Waals surface area contributed by atoms with Gasteiger partial charge in [0.1, 0.15) is 17.3 Å². The third-order valence-corrected chi connectivity index (χ3v) is 5.20. The first-order valence-electron chi connectivity index (χ1n) is 8.94. The van der Waals surface area contributed by atoms with Crippen LogP contribution >= 0.6 is 0 Å². The Bertz CT molecular complexity index is 703. The molecule has 3 heteroatoms. The number of fused-ring (bicyclic) bond motifs is 1. The molecule has 2 aromatic carbocycles. The number of ether oxygens (including phenoxy) is 2. The Hall–Kier alpha value is -1.87. The Morgan fingerprint density at radius 1 is 0.958 bits per heavy atom. The van der Waals surface area contributed by atoms with Gasteiger partial charge in [-0.15, -0.1) is 0 Å². The predicted molar refractivity (Wildman–Crippen MR) is 92.2 cm³/mol. The van der Waals surface area contributed by atoms with E-state index < -0.39 is 0 Å². The molecule has 24 heavy (non-hydrogen) atoms. The summed E-state index contributed by atoms with van der Waals surface area (Å²) in [6, 6.07) is 11.6. The minimum absolute atomic E-state index is 0.0957. The zero-order valence-electron chi connectivity index (χ0n) is 13.9. The molecule has 0 spiro atoms. The molecule has 0 N–H and O–H groups in total. The van der Waals surface area contributed by atoms with Gasteiger partial charge in [-0.3, -0.25) is 0 Å². The molecule has 126 valence electrons. The van der Waals surface area contributed by atoms with E-state index in [1.165, 1.54) is 11.6 Å². The summed E-state index contributed by atoms with van der Waals surface area (Å²) in [6.07, 6.45) is 6.15. The number of rotatable bonds is 4. The lowest BCUT2D eigenvalue weighted by Crippen LogP contribution is -2.17. The Morgan fingerprint density at radius 2 is 1.71 bits per heavy atom. The zero-order chi connectivity index (χ0) is 16.4. The molecule has 0 amide bonds. The SMILES string of the molecule is Fc1ccc(Oc2ccc(CC3CCOCC3)cc2)c2c1CCC2. The van der Waals surface area contributed by atoms with Crippen LogP contribution in [-0.2, 0) is 24.0 Å². The van der Waals surface area contributed by atoms with Gasteiger partial charge in [-0.05, 0) is 79.8 Å². The van der Waals surface area contributed by atoms with Gasteiger partial charge in [0.05, 0.1) is 0 Å². The van der Waals surface area contributed by atoms with Gasteiger partial charge in [0.2, 0.25) is 0 Å². The van der Waals surface area contributed by atoms with Crippen molar-refractivity contribution in [2.24, 2.45) is 5.92 Å². The fourth-order valence-electron chi connectivity index (χ4n) is 3.83. The molecule has 0 saturated carbocycles. The molecule has 2 aromatic rings. The molecule has 0 radical (unpaired) electrons. The average Bonchev–Trinajstić information content (AvgIpc) is 3.11. The van der Waals surface area contributed by atoms with Gasteiger partial charge in [-0.1, -0.05) is 12.1 Å². The summed E-state index contributed by atoms with van der Waals surface area (Å²) in [5.41, 5.74) is 3.23. The molecule has 2 aliphatic rings. The van der Waals surface area contributed by atoms with E-state index in [0.29, 0.717) is 0 Å². The highest BCUT2D eigenvalue weighted by Crippen LogP contribution is 2.35. The molecule has 1 aliphatic carbocycles. The van der Waals surface area contributed by atoms with Gasteiger partial charge in [-0.25, -0.2) is 4.39 Å². The minimum atomic E-state index is -0.0957. The predicted octanol–water partition coefficient (Wildman–Crippen LogP) is 5.08. The lowest BCUT2D eigenvalue weighted by molar-refractivity contribution is 0.0665. The molecular formula is C21H23FO2. The molecule has 0 aromatic heterocycles.